The zero-order chi connectivity index (χ0) is 21.5. The number of carbonyl (C=O) groups is 1. The summed E-state index contributed by atoms with van der Waals surface area (Å²) in [5.41, 5.74) is 3.26. The smallest absolute Gasteiger partial charge is 0.234 e. The van der Waals surface area contributed by atoms with Crippen LogP contribution in [-0.2, 0) is 24.9 Å². The molecule has 1 aromatic heterocycles. The fourth-order valence-corrected chi connectivity index (χ4v) is 3.69. The molecule has 6 nitrogen and oxygen atoms in total. The zero-order valence-electron chi connectivity index (χ0n) is 17.9. The van der Waals surface area contributed by atoms with Crippen molar-refractivity contribution in [3.63, 3.8) is 0 Å². The van der Waals surface area contributed by atoms with Gasteiger partial charge in [0, 0.05) is 12.7 Å². The maximum atomic E-state index is 12.3. The Morgan fingerprint density at radius 2 is 1.87 bits per heavy atom. The molecule has 0 aliphatic carbocycles. The molecule has 0 fully saturated rings. The zero-order valence-corrected chi connectivity index (χ0v) is 18.7. The van der Waals surface area contributed by atoms with Gasteiger partial charge in [0.2, 0.25) is 5.91 Å². The minimum absolute atomic E-state index is 0.0630. The third-order valence-corrected chi connectivity index (χ3v) is 5.86. The molecule has 0 saturated heterocycles. The number of anilines is 1. The second-order valence-electron chi connectivity index (χ2n) is 7.32. The molecule has 158 valence electrons. The Balaban J connectivity index is 1.53. The van der Waals surface area contributed by atoms with Crippen LogP contribution in [0.1, 0.15) is 43.6 Å². The molecule has 0 spiro atoms. The van der Waals surface area contributed by atoms with Crippen LogP contribution in [0.15, 0.2) is 53.7 Å². The van der Waals surface area contributed by atoms with E-state index < -0.39 is 0 Å². The van der Waals surface area contributed by atoms with Crippen LogP contribution < -0.4 is 10.1 Å². The lowest BCUT2D eigenvalue weighted by atomic mass is 10.0. The third-order valence-electron chi connectivity index (χ3n) is 4.84. The van der Waals surface area contributed by atoms with Crippen LogP contribution in [0.4, 0.5) is 5.69 Å². The number of hydrogen-bond acceptors (Lipinski definition) is 5. The standard InChI is InChI=1S/C23H28N4O2S/c1-5-17-8-6-7-9-20(17)24-22(28)15-30-23-26-25-21(27(23)4)14-29-19-12-10-18(11-13-19)16(2)3/h6-13,16H,5,14-15H2,1-4H3,(H,24,28). The largest absolute Gasteiger partial charge is 0.486 e. The molecule has 1 heterocycles. The van der Waals surface area contributed by atoms with Crippen LogP contribution in [0, 0.1) is 0 Å². The fourth-order valence-electron chi connectivity index (χ4n) is 2.96. The van der Waals surface area contributed by atoms with Gasteiger partial charge in [-0.05, 0) is 41.7 Å². The van der Waals surface area contributed by atoms with E-state index in [0.29, 0.717) is 23.5 Å². The van der Waals surface area contributed by atoms with E-state index >= 15 is 0 Å². The Hall–Kier alpha value is -2.80. The molecule has 30 heavy (non-hydrogen) atoms. The van der Waals surface area contributed by atoms with Crippen molar-refractivity contribution < 1.29 is 9.53 Å². The molecule has 0 aliphatic rings. The average molecular weight is 425 g/mol. The highest BCUT2D eigenvalue weighted by atomic mass is 32.2. The average Bonchev–Trinajstić information content (AvgIpc) is 3.11. The van der Waals surface area contributed by atoms with Gasteiger partial charge < -0.3 is 14.6 Å². The predicted octanol–water partition coefficient (Wildman–Crippen LogP) is 4.81. The van der Waals surface area contributed by atoms with Gasteiger partial charge in [-0.3, -0.25) is 4.79 Å². The van der Waals surface area contributed by atoms with Gasteiger partial charge in [-0.25, -0.2) is 0 Å². The first-order valence-electron chi connectivity index (χ1n) is 10.1. The molecular formula is C23H28N4O2S. The highest BCUT2D eigenvalue weighted by Gasteiger charge is 2.13. The number of benzene rings is 2. The Labute approximate surface area is 182 Å². The molecule has 7 heteroatoms. The summed E-state index contributed by atoms with van der Waals surface area (Å²) >= 11 is 1.36. The molecule has 1 amide bonds. The van der Waals surface area contributed by atoms with Crippen molar-refractivity contribution in [2.24, 2.45) is 7.05 Å². The first-order chi connectivity index (χ1) is 14.5. The van der Waals surface area contributed by atoms with E-state index in [9.17, 15) is 4.79 Å². The summed E-state index contributed by atoms with van der Waals surface area (Å²) in [6.07, 6.45) is 0.871. The molecule has 1 N–H and O–H groups in total. The van der Waals surface area contributed by atoms with Gasteiger partial charge in [-0.15, -0.1) is 10.2 Å². The lowest BCUT2D eigenvalue weighted by molar-refractivity contribution is -0.113. The number of para-hydroxylation sites is 1. The number of hydrogen-bond donors (Lipinski definition) is 1. The molecule has 3 rings (SSSR count). The second-order valence-corrected chi connectivity index (χ2v) is 8.26. The van der Waals surface area contributed by atoms with Crippen LogP contribution in [0.5, 0.6) is 5.75 Å². The van der Waals surface area contributed by atoms with E-state index in [0.717, 1.165) is 23.4 Å². The van der Waals surface area contributed by atoms with Crippen LogP contribution in [-0.4, -0.2) is 26.4 Å². The summed E-state index contributed by atoms with van der Waals surface area (Å²) in [5.74, 6) is 2.20. The quantitative estimate of drug-likeness (QED) is 0.499. The number of aromatic nitrogens is 3. The highest BCUT2D eigenvalue weighted by Crippen LogP contribution is 2.21. The number of amides is 1. The van der Waals surface area contributed by atoms with Crippen LogP contribution in [0.25, 0.3) is 0 Å². The van der Waals surface area contributed by atoms with Crippen molar-refractivity contribution in [1.29, 1.82) is 0 Å². The third kappa shape index (κ3) is 5.63. The molecule has 0 unspecified atom stereocenters. The van der Waals surface area contributed by atoms with E-state index in [1.54, 1.807) is 0 Å². The van der Waals surface area contributed by atoms with Gasteiger partial charge in [0.15, 0.2) is 11.0 Å². The molecule has 3 aromatic rings. The topological polar surface area (TPSA) is 69.0 Å². The summed E-state index contributed by atoms with van der Waals surface area (Å²) in [4.78, 5) is 12.3. The molecule has 0 atom stereocenters. The Morgan fingerprint density at radius 1 is 1.13 bits per heavy atom. The number of thioether (sulfide) groups is 1. The highest BCUT2D eigenvalue weighted by molar-refractivity contribution is 7.99. The molecule has 0 bridgehead atoms. The summed E-state index contributed by atoms with van der Waals surface area (Å²) in [6.45, 7) is 6.72. The SMILES string of the molecule is CCc1ccccc1NC(=O)CSc1nnc(COc2ccc(C(C)C)cc2)n1C. The number of ether oxygens (including phenoxy) is 1. The molecule has 2 aromatic carbocycles. The van der Waals surface area contributed by atoms with Gasteiger partial charge in [-0.2, -0.15) is 0 Å². The van der Waals surface area contributed by atoms with E-state index in [1.807, 2.05) is 48.0 Å². The normalized spacial score (nSPS) is 11.0. The van der Waals surface area contributed by atoms with Crippen molar-refractivity contribution in [2.75, 3.05) is 11.1 Å². The summed E-state index contributed by atoms with van der Waals surface area (Å²) in [6, 6.07) is 15.9. The van der Waals surface area contributed by atoms with Crippen molar-refractivity contribution in [3.8, 4) is 5.75 Å². The van der Waals surface area contributed by atoms with Crippen molar-refractivity contribution in [3.05, 3.63) is 65.5 Å². The maximum Gasteiger partial charge on any atom is 0.234 e. The summed E-state index contributed by atoms with van der Waals surface area (Å²) in [5, 5.41) is 12.1. The van der Waals surface area contributed by atoms with Crippen molar-refractivity contribution in [1.82, 2.24) is 14.8 Å². The predicted molar refractivity (Wildman–Crippen MR) is 121 cm³/mol. The van der Waals surface area contributed by atoms with E-state index in [4.69, 9.17) is 4.74 Å². The summed E-state index contributed by atoms with van der Waals surface area (Å²) < 4.78 is 7.70. The number of nitrogens with one attached hydrogen (secondary N) is 1. The van der Waals surface area contributed by atoms with Gasteiger partial charge in [-0.1, -0.05) is 62.9 Å². The van der Waals surface area contributed by atoms with E-state index in [-0.39, 0.29) is 11.7 Å². The Morgan fingerprint density at radius 3 is 2.57 bits per heavy atom. The first-order valence-corrected chi connectivity index (χ1v) is 11.1. The van der Waals surface area contributed by atoms with Gasteiger partial charge in [0.25, 0.3) is 0 Å². The van der Waals surface area contributed by atoms with Gasteiger partial charge in [0.05, 0.1) is 5.75 Å². The van der Waals surface area contributed by atoms with E-state index in [1.165, 1.54) is 17.3 Å². The van der Waals surface area contributed by atoms with E-state index in [2.05, 4.69) is 48.4 Å². The first kappa shape index (κ1) is 21.9. The molecule has 0 radical (unpaired) electrons. The fraction of sp³-hybridized carbons (Fsp3) is 0.348. The van der Waals surface area contributed by atoms with Crippen LogP contribution in [0.2, 0.25) is 0 Å². The number of carbonyl (C=O) groups excluding carboxylic acids is 1. The lowest BCUT2D eigenvalue weighted by Crippen LogP contribution is -2.15. The van der Waals surface area contributed by atoms with Crippen LogP contribution >= 0.6 is 11.8 Å². The molecular weight excluding hydrogens is 396 g/mol. The minimum atomic E-state index is -0.0630. The second kappa shape index (κ2) is 10.3. The van der Waals surface area contributed by atoms with Gasteiger partial charge >= 0.3 is 0 Å². The Kier molecular flexibility index (Phi) is 7.52. The number of aryl methyl sites for hydroxylation is 1. The molecule has 0 saturated carbocycles. The summed E-state index contributed by atoms with van der Waals surface area (Å²) in [7, 11) is 1.88. The van der Waals surface area contributed by atoms with Gasteiger partial charge in [0.1, 0.15) is 12.4 Å². The van der Waals surface area contributed by atoms with Crippen LogP contribution in [0.3, 0.4) is 0 Å². The number of nitrogens with zero attached hydrogens (tertiary/aromatic N) is 3. The number of rotatable bonds is 9. The lowest BCUT2D eigenvalue weighted by Gasteiger charge is -2.10. The van der Waals surface area contributed by atoms with Crippen molar-refractivity contribution in [2.45, 2.75) is 44.9 Å². The monoisotopic (exact) mass is 424 g/mol. The van der Waals surface area contributed by atoms with Crippen molar-refractivity contribution >= 4 is 23.4 Å². The Bertz CT molecular complexity index is 983. The maximum absolute atomic E-state index is 12.3. The molecule has 0 aliphatic heterocycles. The minimum Gasteiger partial charge on any atom is -0.486 e.